The molecule has 2 aliphatic heterocycles. The first-order valence-electron chi connectivity index (χ1n) is 9.78. The van der Waals surface area contributed by atoms with Crippen LogP contribution in [0.4, 0.5) is 0 Å². The van der Waals surface area contributed by atoms with Gasteiger partial charge in [0.1, 0.15) is 5.75 Å². The second kappa shape index (κ2) is 8.11. The third kappa shape index (κ3) is 4.15. The summed E-state index contributed by atoms with van der Waals surface area (Å²) in [6.07, 6.45) is 2.89. The Morgan fingerprint density at radius 1 is 1.26 bits per heavy atom. The number of Topliss-reactive ketones (excluding diaryl/α,β-unsaturated/α-hetero) is 1. The molecule has 1 atom stereocenters. The quantitative estimate of drug-likeness (QED) is 0.779. The van der Waals surface area contributed by atoms with E-state index in [4.69, 9.17) is 4.74 Å². The van der Waals surface area contributed by atoms with E-state index in [1.165, 1.54) is 0 Å². The predicted octanol–water partition coefficient (Wildman–Crippen LogP) is 2.49. The number of rotatable bonds is 6. The Hall–Kier alpha value is -2.37. The number of carbonyl (C=O) groups is 3. The molecule has 1 aromatic rings. The number of piperidine rings is 1. The molecule has 0 aromatic heterocycles. The van der Waals surface area contributed by atoms with Crippen LogP contribution in [0.25, 0.3) is 0 Å². The van der Waals surface area contributed by atoms with Gasteiger partial charge < -0.3 is 15.0 Å². The van der Waals surface area contributed by atoms with Crippen LogP contribution in [0.15, 0.2) is 18.2 Å². The van der Waals surface area contributed by atoms with Crippen LogP contribution < -0.4 is 10.1 Å². The highest BCUT2D eigenvalue weighted by molar-refractivity contribution is 5.98. The van der Waals surface area contributed by atoms with Crippen molar-refractivity contribution in [3.8, 4) is 5.75 Å². The molecule has 6 heteroatoms. The van der Waals surface area contributed by atoms with Crippen molar-refractivity contribution >= 4 is 17.6 Å². The number of ketones is 1. The lowest BCUT2D eigenvalue weighted by Crippen LogP contribution is -2.47. The summed E-state index contributed by atoms with van der Waals surface area (Å²) in [6.45, 7) is 6.22. The second-order valence-corrected chi connectivity index (χ2v) is 7.54. The van der Waals surface area contributed by atoms with Crippen molar-refractivity contribution in [2.24, 2.45) is 5.41 Å². The minimum Gasteiger partial charge on any atom is -0.494 e. The van der Waals surface area contributed by atoms with Gasteiger partial charge in [-0.15, -0.1) is 0 Å². The zero-order chi connectivity index (χ0) is 19.4. The number of likely N-dealkylation sites (tertiary alicyclic amines) is 1. The zero-order valence-corrected chi connectivity index (χ0v) is 16.2. The molecule has 2 aliphatic rings. The Balaban J connectivity index is 1.54. The highest BCUT2D eigenvalue weighted by Gasteiger charge is 2.46. The van der Waals surface area contributed by atoms with E-state index in [0.29, 0.717) is 25.3 Å². The van der Waals surface area contributed by atoms with Crippen molar-refractivity contribution in [2.75, 3.05) is 26.2 Å². The van der Waals surface area contributed by atoms with E-state index in [9.17, 15) is 14.4 Å². The number of nitrogens with zero attached hydrogens (tertiary/aromatic N) is 1. The van der Waals surface area contributed by atoms with Crippen LogP contribution in [-0.2, 0) is 9.59 Å². The minimum atomic E-state index is -0.413. The van der Waals surface area contributed by atoms with Crippen molar-refractivity contribution in [1.82, 2.24) is 10.2 Å². The highest BCUT2D eigenvalue weighted by atomic mass is 16.5. The Morgan fingerprint density at radius 2 is 2.07 bits per heavy atom. The van der Waals surface area contributed by atoms with Crippen molar-refractivity contribution in [3.63, 3.8) is 0 Å². The molecular weight excluding hydrogens is 344 g/mol. The molecule has 146 valence electrons. The first-order chi connectivity index (χ1) is 12.9. The summed E-state index contributed by atoms with van der Waals surface area (Å²) in [5.74, 6) is 0.767. The normalized spacial score (nSPS) is 22.0. The van der Waals surface area contributed by atoms with Crippen LogP contribution in [0.1, 0.15) is 54.9 Å². The Labute approximate surface area is 160 Å². The largest absolute Gasteiger partial charge is 0.494 e. The van der Waals surface area contributed by atoms with Crippen LogP contribution in [0.5, 0.6) is 5.75 Å². The van der Waals surface area contributed by atoms with Gasteiger partial charge in [0.25, 0.3) is 0 Å². The number of benzene rings is 1. The Morgan fingerprint density at radius 3 is 2.78 bits per heavy atom. The molecule has 3 rings (SSSR count). The van der Waals surface area contributed by atoms with E-state index in [-0.39, 0.29) is 30.4 Å². The Kier molecular flexibility index (Phi) is 5.82. The molecule has 2 heterocycles. The fourth-order valence-electron chi connectivity index (χ4n) is 4.07. The first-order valence-corrected chi connectivity index (χ1v) is 9.78. The molecule has 2 fully saturated rings. The molecule has 0 unspecified atom stereocenters. The number of amides is 2. The van der Waals surface area contributed by atoms with Crippen molar-refractivity contribution in [3.05, 3.63) is 29.3 Å². The molecule has 1 N–H and O–H groups in total. The Bertz CT molecular complexity index is 746. The second-order valence-electron chi connectivity index (χ2n) is 7.54. The molecule has 2 saturated heterocycles. The number of hydrogen-bond donors (Lipinski definition) is 1. The molecule has 0 saturated carbocycles. The van der Waals surface area contributed by atoms with Crippen LogP contribution in [-0.4, -0.2) is 48.7 Å². The number of carbonyl (C=O) groups excluding carboxylic acids is 3. The average Bonchev–Trinajstić information content (AvgIpc) is 3.09. The fourth-order valence-corrected chi connectivity index (χ4v) is 4.07. The van der Waals surface area contributed by atoms with Gasteiger partial charge >= 0.3 is 0 Å². The van der Waals surface area contributed by atoms with Gasteiger partial charge in [-0.3, -0.25) is 14.4 Å². The fraction of sp³-hybridized carbons (Fsp3) is 0.571. The van der Waals surface area contributed by atoms with Gasteiger partial charge in [-0.25, -0.2) is 0 Å². The summed E-state index contributed by atoms with van der Waals surface area (Å²) in [6, 6.07) is 5.37. The molecule has 0 aliphatic carbocycles. The van der Waals surface area contributed by atoms with E-state index in [1.54, 1.807) is 17.0 Å². The van der Waals surface area contributed by atoms with E-state index in [0.717, 1.165) is 37.1 Å². The topological polar surface area (TPSA) is 75.7 Å². The number of hydrogen-bond acceptors (Lipinski definition) is 4. The lowest BCUT2D eigenvalue weighted by atomic mass is 9.79. The lowest BCUT2D eigenvalue weighted by molar-refractivity contribution is -0.134. The van der Waals surface area contributed by atoms with Gasteiger partial charge in [-0.1, -0.05) is 0 Å². The van der Waals surface area contributed by atoms with Crippen molar-refractivity contribution < 1.29 is 19.1 Å². The third-order valence-electron chi connectivity index (χ3n) is 5.67. The maximum Gasteiger partial charge on any atom is 0.228 e. The predicted molar refractivity (Wildman–Crippen MR) is 102 cm³/mol. The van der Waals surface area contributed by atoms with E-state index in [2.05, 4.69) is 5.32 Å². The molecule has 6 nitrogen and oxygen atoms in total. The van der Waals surface area contributed by atoms with Gasteiger partial charge in [0.05, 0.1) is 12.0 Å². The monoisotopic (exact) mass is 372 g/mol. The molecule has 1 aromatic carbocycles. The number of ether oxygens (including phenoxy) is 1. The third-order valence-corrected chi connectivity index (χ3v) is 5.67. The minimum absolute atomic E-state index is 0.0405. The summed E-state index contributed by atoms with van der Waals surface area (Å²) in [7, 11) is 0. The summed E-state index contributed by atoms with van der Waals surface area (Å²) in [4.78, 5) is 39.0. The van der Waals surface area contributed by atoms with Crippen molar-refractivity contribution in [2.45, 2.75) is 46.0 Å². The van der Waals surface area contributed by atoms with E-state index >= 15 is 0 Å². The molecule has 2 amide bonds. The first kappa shape index (κ1) is 19.4. The SMILES string of the molecule is CCOc1ccc(C(=O)CCC(=O)N2CC[C@@]3(CCCNC3=O)C2)cc1C. The summed E-state index contributed by atoms with van der Waals surface area (Å²) < 4.78 is 5.50. The molecule has 1 spiro atoms. The highest BCUT2D eigenvalue weighted by Crippen LogP contribution is 2.37. The number of aryl methyl sites for hydroxylation is 1. The lowest BCUT2D eigenvalue weighted by Gasteiger charge is -2.32. The van der Waals surface area contributed by atoms with Crippen LogP contribution >= 0.6 is 0 Å². The maximum absolute atomic E-state index is 12.5. The van der Waals surface area contributed by atoms with Crippen molar-refractivity contribution in [1.29, 1.82) is 0 Å². The summed E-state index contributed by atoms with van der Waals surface area (Å²) in [5.41, 5.74) is 1.11. The van der Waals surface area contributed by atoms with Gasteiger partial charge in [-0.05, 0) is 56.9 Å². The van der Waals surface area contributed by atoms with Gasteiger partial charge in [0.15, 0.2) is 5.78 Å². The van der Waals surface area contributed by atoms with Crippen LogP contribution in [0.2, 0.25) is 0 Å². The van der Waals surface area contributed by atoms with Crippen LogP contribution in [0, 0.1) is 12.3 Å². The molecule has 0 bridgehead atoms. The maximum atomic E-state index is 12.5. The van der Waals surface area contributed by atoms with Gasteiger partial charge in [0, 0.05) is 38.0 Å². The van der Waals surface area contributed by atoms with Crippen LogP contribution in [0.3, 0.4) is 0 Å². The number of nitrogens with one attached hydrogen (secondary N) is 1. The summed E-state index contributed by atoms with van der Waals surface area (Å²) in [5, 5.41) is 2.92. The van der Waals surface area contributed by atoms with E-state index in [1.807, 2.05) is 19.9 Å². The molecule has 0 radical (unpaired) electrons. The molecule has 27 heavy (non-hydrogen) atoms. The molecular formula is C21H28N2O4. The van der Waals surface area contributed by atoms with E-state index < -0.39 is 5.41 Å². The standard InChI is InChI=1S/C21H28N2O4/c1-3-27-18-7-5-16(13-15(18)2)17(24)6-8-19(25)23-12-10-21(14-23)9-4-11-22-20(21)26/h5,7,13H,3-4,6,8-12,14H2,1-2H3,(H,22,26)/t21-/m0/s1. The smallest absolute Gasteiger partial charge is 0.228 e. The average molecular weight is 372 g/mol. The zero-order valence-electron chi connectivity index (χ0n) is 16.2. The summed E-state index contributed by atoms with van der Waals surface area (Å²) >= 11 is 0. The van der Waals surface area contributed by atoms with Gasteiger partial charge in [0.2, 0.25) is 11.8 Å². The van der Waals surface area contributed by atoms with Gasteiger partial charge in [-0.2, -0.15) is 0 Å².